The zero-order chi connectivity index (χ0) is 42.3. The molecule has 0 aliphatic carbocycles. The van der Waals surface area contributed by atoms with Gasteiger partial charge in [-0.15, -0.1) is 0 Å². The number of hydrogen-bond donors (Lipinski definition) is 2. The molecule has 0 spiro atoms. The summed E-state index contributed by atoms with van der Waals surface area (Å²) in [6.07, 6.45) is 8.78. The number of amides is 5. The summed E-state index contributed by atoms with van der Waals surface area (Å²) in [5.74, 6) is -1.52. The van der Waals surface area contributed by atoms with Crippen LogP contribution in [0.25, 0.3) is 0 Å². The van der Waals surface area contributed by atoms with E-state index in [1.807, 2.05) is 39.6 Å². The van der Waals surface area contributed by atoms with Gasteiger partial charge in [-0.3, -0.25) is 38.6 Å². The number of imide groups is 1. The lowest BCUT2D eigenvalue weighted by Gasteiger charge is -2.36. The van der Waals surface area contributed by atoms with Crippen LogP contribution in [0.4, 0.5) is 0 Å². The molecule has 9 unspecified atom stereocenters. The molecule has 0 radical (unpaired) electrons. The fourth-order valence-corrected chi connectivity index (χ4v) is 8.72. The van der Waals surface area contributed by atoms with Gasteiger partial charge in [0.05, 0.1) is 42.7 Å². The summed E-state index contributed by atoms with van der Waals surface area (Å²) in [7, 11) is 5.14. The number of carbonyl (C=O) groups is 6. The Morgan fingerprint density at radius 2 is 1.54 bits per heavy atom. The van der Waals surface area contributed by atoms with Gasteiger partial charge < -0.3 is 25.4 Å². The molecule has 5 amide bonds. The fraction of sp³-hybridized carbons (Fsp3) is 0.814. The third kappa shape index (κ3) is 14.0. The highest BCUT2D eigenvalue weighted by atomic mass is 16.5. The van der Waals surface area contributed by atoms with E-state index >= 15 is 0 Å². The molecule has 0 aromatic rings. The third-order valence-electron chi connectivity index (χ3n) is 12.2. The van der Waals surface area contributed by atoms with Crippen LogP contribution >= 0.6 is 0 Å². The molecule has 13 heteroatoms. The van der Waals surface area contributed by atoms with Crippen LogP contribution in [0, 0.1) is 35.5 Å². The van der Waals surface area contributed by atoms with Crippen molar-refractivity contribution in [1.82, 2.24) is 20.0 Å². The van der Waals surface area contributed by atoms with Gasteiger partial charge in [0.25, 0.3) is 11.8 Å². The molecule has 1 fully saturated rings. The van der Waals surface area contributed by atoms with Gasteiger partial charge in [-0.05, 0) is 75.3 Å². The smallest absolute Gasteiger partial charge is 0.253 e. The molecule has 0 aromatic carbocycles. The van der Waals surface area contributed by atoms with E-state index in [2.05, 4.69) is 31.0 Å². The number of likely N-dealkylation sites (N-methyl/N-ethyl adjacent to an activating group) is 1. The number of unbranched alkanes of at least 4 members (excludes halogenated alkanes) is 3. The van der Waals surface area contributed by atoms with Crippen LogP contribution in [0.1, 0.15) is 120 Å². The van der Waals surface area contributed by atoms with E-state index in [1.165, 1.54) is 17.1 Å². The first-order valence-electron chi connectivity index (χ1n) is 21.1. The predicted molar refractivity (Wildman–Crippen MR) is 218 cm³/mol. The van der Waals surface area contributed by atoms with E-state index in [9.17, 15) is 28.8 Å². The summed E-state index contributed by atoms with van der Waals surface area (Å²) in [6.45, 7) is 17.7. The molecule has 2 rings (SSSR count). The SMILES string of the molecule is CCC(C)C(CC(C)CC(=O)C(NC(=O)C(C(C)C)N(C)CCCCCCN1C(=O)C=CC1=O)C(C)C)C(CC(=O)N1CCCC1C(OC)C(C)C(N)=O)OC. The average molecular weight is 790 g/mol. The summed E-state index contributed by atoms with van der Waals surface area (Å²) >= 11 is 0. The highest BCUT2D eigenvalue weighted by Gasteiger charge is 2.41. The lowest BCUT2D eigenvalue weighted by molar-refractivity contribution is -0.142. The maximum absolute atomic E-state index is 13.9. The second kappa shape index (κ2) is 23.9. The van der Waals surface area contributed by atoms with Crippen LogP contribution in [0.2, 0.25) is 0 Å². The summed E-state index contributed by atoms with van der Waals surface area (Å²) in [6, 6.07) is -1.27. The minimum atomic E-state index is -0.629. The number of methoxy groups -OCH3 is 2. The Balaban J connectivity index is 2.02. The Hall–Kier alpha value is -3.16. The number of carbonyl (C=O) groups excluding carboxylic acids is 6. The third-order valence-corrected chi connectivity index (χ3v) is 12.2. The molecule has 2 aliphatic heterocycles. The number of ether oxygens (including phenoxy) is 2. The topological polar surface area (TPSA) is 169 Å². The summed E-state index contributed by atoms with van der Waals surface area (Å²) in [4.78, 5) is 82.3. The van der Waals surface area contributed by atoms with Gasteiger partial charge in [-0.1, -0.05) is 74.7 Å². The summed E-state index contributed by atoms with van der Waals surface area (Å²) in [5.41, 5.74) is 5.61. The molecular weight excluding hydrogens is 714 g/mol. The molecule has 2 aliphatic rings. The maximum atomic E-state index is 13.9. The van der Waals surface area contributed by atoms with Crippen LogP contribution in [-0.2, 0) is 38.2 Å². The number of rotatable bonds is 27. The molecule has 2 heterocycles. The molecule has 0 saturated carbocycles. The number of likely N-dealkylation sites (tertiary alicyclic amines) is 1. The summed E-state index contributed by atoms with van der Waals surface area (Å²) < 4.78 is 11.7. The van der Waals surface area contributed by atoms with Gasteiger partial charge in [-0.25, -0.2) is 0 Å². The van der Waals surface area contributed by atoms with Crippen LogP contribution < -0.4 is 11.1 Å². The van der Waals surface area contributed by atoms with Gasteiger partial charge in [-0.2, -0.15) is 0 Å². The van der Waals surface area contributed by atoms with Gasteiger partial charge in [0.15, 0.2) is 5.78 Å². The van der Waals surface area contributed by atoms with Gasteiger partial charge in [0, 0.05) is 45.9 Å². The van der Waals surface area contributed by atoms with Crippen molar-refractivity contribution in [1.29, 1.82) is 0 Å². The van der Waals surface area contributed by atoms with Crippen molar-refractivity contribution >= 4 is 35.3 Å². The first kappa shape index (κ1) is 49.0. The van der Waals surface area contributed by atoms with E-state index in [0.29, 0.717) is 32.5 Å². The van der Waals surface area contributed by atoms with Crippen molar-refractivity contribution in [3.8, 4) is 0 Å². The molecule has 9 atom stereocenters. The number of Topliss-reactive ketones (excluding diaryl/α,β-unsaturated/α-hetero) is 1. The van der Waals surface area contributed by atoms with Crippen LogP contribution in [0.5, 0.6) is 0 Å². The zero-order valence-electron chi connectivity index (χ0n) is 36.4. The molecule has 0 bridgehead atoms. The van der Waals surface area contributed by atoms with E-state index in [0.717, 1.165) is 44.9 Å². The highest BCUT2D eigenvalue weighted by molar-refractivity contribution is 6.12. The molecule has 3 N–H and O–H groups in total. The quantitative estimate of drug-likeness (QED) is 0.0882. The van der Waals surface area contributed by atoms with Gasteiger partial charge in [0.2, 0.25) is 17.7 Å². The first-order chi connectivity index (χ1) is 26.4. The van der Waals surface area contributed by atoms with Crippen molar-refractivity contribution in [2.24, 2.45) is 41.2 Å². The van der Waals surface area contributed by atoms with Crippen molar-refractivity contribution in [3.05, 3.63) is 12.2 Å². The predicted octanol–water partition coefficient (Wildman–Crippen LogP) is 4.75. The lowest BCUT2D eigenvalue weighted by atomic mass is 9.77. The van der Waals surface area contributed by atoms with Crippen molar-refractivity contribution in [2.45, 2.75) is 150 Å². The second-order valence-corrected chi connectivity index (χ2v) is 17.2. The average Bonchev–Trinajstić information content (AvgIpc) is 3.75. The second-order valence-electron chi connectivity index (χ2n) is 17.2. The lowest BCUT2D eigenvalue weighted by Crippen LogP contribution is -2.54. The Bertz CT molecular complexity index is 1320. The standard InChI is InChI=1S/C43H75N5O8/c1-12-30(7)32(35(55-10)26-38(52)47-23-17-18-33(47)41(56-11)31(8)42(44)53)24-29(6)25-34(49)39(27(2)3)45-43(54)40(28(4)5)46(9)21-15-13-14-16-22-48-36(50)19-20-37(48)51/h19-20,27-33,35,39-41H,12-18,21-26H2,1-11H3,(H2,44,53)(H,45,54). The normalized spacial score (nSPS) is 20.4. The number of nitrogens with two attached hydrogens (primary N) is 1. The van der Waals surface area contributed by atoms with E-state index < -0.39 is 30.0 Å². The number of primary amides is 1. The van der Waals surface area contributed by atoms with Gasteiger partial charge in [0.1, 0.15) is 0 Å². The Morgan fingerprint density at radius 1 is 0.911 bits per heavy atom. The number of nitrogens with one attached hydrogen (secondary N) is 1. The Kier molecular flexibility index (Phi) is 20.9. The minimum Gasteiger partial charge on any atom is -0.381 e. The molecule has 1 saturated heterocycles. The minimum absolute atomic E-state index is 0.00166. The molecule has 0 aromatic heterocycles. The fourth-order valence-electron chi connectivity index (χ4n) is 8.72. The maximum Gasteiger partial charge on any atom is 0.253 e. The number of ketones is 1. The first-order valence-corrected chi connectivity index (χ1v) is 21.1. The Morgan fingerprint density at radius 3 is 2.07 bits per heavy atom. The molecule has 13 nitrogen and oxygen atoms in total. The van der Waals surface area contributed by atoms with E-state index in [-0.39, 0.29) is 77.6 Å². The Labute approximate surface area is 337 Å². The van der Waals surface area contributed by atoms with Crippen LogP contribution in [-0.4, -0.2) is 121 Å². The van der Waals surface area contributed by atoms with Crippen LogP contribution in [0.3, 0.4) is 0 Å². The van der Waals surface area contributed by atoms with Gasteiger partial charge >= 0.3 is 0 Å². The van der Waals surface area contributed by atoms with Crippen molar-refractivity contribution in [2.75, 3.05) is 40.9 Å². The highest BCUT2D eigenvalue weighted by Crippen LogP contribution is 2.33. The number of hydrogen-bond acceptors (Lipinski definition) is 9. The summed E-state index contributed by atoms with van der Waals surface area (Å²) in [5, 5.41) is 3.13. The number of nitrogens with zero attached hydrogens (tertiary/aromatic N) is 3. The van der Waals surface area contributed by atoms with Crippen LogP contribution in [0.15, 0.2) is 12.2 Å². The zero-order valence-corrected chi connectivity index (χ0v) is 36.4. The van der Waals surface area contributed by atoms with Crippen molar-refractivity contribution in [3.63, 3.8) is 0 Å². The molecule has 320 valence electrons. The van der Waals surface area contributed by atoms with E-state index in [4.69, 9.17) is 15.2 Å². The van der Waals surface area contributed by atoms with Crippen molar-refractivity contribution < 1.29 is 38.2 Å². The van der Waals surface area contributed by atoms with E-state index in [1.54, 1.807) is 21.1 Å². The largest absolute Gasteiger partial charge is 0.381 e. The molecule has 56 heavy (non-hydrogen) atoms. The monoisotopic (exact) mass is 790 g/mol. The molecular formula is C43H75N5O8.